The molecule has 0 bridgehead atoms. The summed E-state index contributed by atoms with van der Waals surface area (Å²) in [6.45, 7) is 1.69. The molecule has 0 spiro atoms. The van der Waals surface area contributed by atoms with Gasteiger partial charge in [-0.15, -0.1) is 0 Å². The average molecular weight is 422 g/mol. The van der Waals surface area contributed by atoms with Gasteiger partial charge in [0, 0.05) is 23.7 Å². The first-order valence-electron chi connectivity index (χ1n) is 9.42. The van der Waals surface area contributed by atoms with Crippen LogP contribution in [0.4, 0.5) is 23.2 Å². The molecule has 1 amide bonds. The fourth-order valence-corrected chi connectivity index (χ4v) is 4.19. The maximum Gasteiger partial charge on any atom is 0.471 e. The van der Waals surface area contributed by atoms with Crippen molar-refractivity contribution in [2.45, 2.75) is 38.0 Å². The van der Waals surface area contributed by atoms with Crippen LogP contribution in [0.2, 0.25) is 0 Å². The van der Waals surface area contributed by atoms with E-state index < -0.39 is 35.8 Å². The van der Waals surface area contributed by atoms with Crippen molar-refractivity contribution in [1.82, 2.24) is 5.32 Å². The molecule has 0 unspecified atom stereocenters. The summed E-state index contributed by atoms with van der Waals surface area (Å²) in [6, 6.07) is 7.36. The van der Waals surface area contributed by atoms with Gasteiger partial charge in [-0.3, -0.25) is 9.59 Å². The minimum Gasteiger partial charge on any atom is -0.455 e. The third-order valence-corrected chi connectivity index (χ3v) is 5.37. The van der Waals surface area contributed by atoms with Gasteiger partial charge in [0.05, 0.1) is 17.8 Å². The lowest BCUT2D eigenvalue weighted by Gasteiger charge is -2.43. The number of halogens is 4. The molecule has 2 atom stereocenters. The molecule has 2 aliphatic rings. The highest BCUT2D eigenvalue weighted by Crippen LogP contribution is 2.49. The third kappa shape index (κ3) is 3.48. The number of rotatable bonds is 2. The molecule has 2 aliphatic heterocycles. The molecule has 30 heavy (non-hydrogen) atoms. The maximum absolute atomic E-state index is 14.2. The Kier molecular flexibility index (Phi) is 4.91. The number of para-hydroxylation sites is 1. The zero-order chi connectivity index (χ0) is 21.6. The second-order valence-electron chi connectivity index (χ2n) is 7.35. The van der Waals surface area contributed by atoms with Crippen LogP contribution in [0.15, 0.2) is 36.4 Å². The molecule has 5 nitrogen and oxygen atoms in total. The fraction of sp³-hybridized carbons (Fsp3) is 0.333. The molecule has 1 fully saturated rings. The lowest BCUT2D eigenvalue weighted by molar-refractivity contribution is -0.174. The fourth-order valence-electron chi connectivity index (χ4n) is 4.19. The Labute approximate surface area is 169 Å². The average Bonchev–Trinajstić information content (AvgIpc) is 2.81. The number of nitrogens with one attached hydrogen (secondary N) is 1. The molecule has 0 aromatic heterocycles. The summed E-state index contributed by atoms with van der Waals surface area (Å²) in [6.07, 6.45) is -4.24. The zero-order valence-electron chi connectivity index (χ0n) is 15.9. The zero-order valence-corrected chi connectivity index (χ0v) is 15.9. The quantitative estimate of drug-likeness (QED) is 0.571. The second kappa shape index (κ2) is 7.30. The monoisotopic (exact) mass is 422 g/mol. The van der Waals surface area contributed by atoms with Gasteiger partial charge >= 0.3 is 12.1 Å². The number of piperidine rings is 1. The molecule has 2 aromatic rings. The Balaban J connectivity index is 1.89. The van der Waals surface area contributed by atoms with Crippen molar-refractivity contribution < 1.29 is 31.9 Å². The molecule has 0 aliphatic carbocycles. The van der Waals surface area contributed by atoms with E-state index in [1.807, 2.05) is 0 Å². The van der Waals surface area contributed by atoms with Gasteiger partial charge in [-0.1, -0.05) is 18.2 Å². The number of carbonyl (C=O) groups excluding carboxylic acids is 2. The van der Waals surface area contributed by atoms with E-state index in [-0.39, 0.29) is 11.3 Å². The molecule has 0 saturated carbocycles. The first-order valence-corrected chi connectivity index (χ1v) is 9.42. The predicted molar refractivity (Wildman–Crippen MR) is 100 cm³/mol. The van der Waals surface area contributed by atoms with Crippen LogP contribution in [0.1, 0.15) is 41.7 Å². The molecule has 9 heteroatoms. The van der Waals surface area contributed by atoms with E-state index in [1.54, 1.807) is 29.2 Å². The van der Waals surface area contributed by atoms with Crippen molar-refractivity contribution >= 4 is 17.4 Å². The van der Waals surface area contributed by atoms with E-state index in [0.29, 0.717) is 36.4 Å². The highest BCUT2D eigenvalue weighted by molar-refractivity contribution is 6.01. The standard InChI is InChI=1S/C21H18F4N2O3/c1-11(28)14-9-12(22)10-17-19(14)27-8-4-6-15(26-20(29)21(23,24)25)18(27)13-5-2-3-7-16(13)30-17/h2-3,5,7,9-10,15,18H,4,6,8H2,1H3,(H,26,29)/t15-,18+/m0/s1. The van der Waals surface area contributed by atoms with Crippen LogP contribution >= 0.6 is 0 Å². The first kappa shape index (κ1) is 20.2. The van der Waals surface area contributed by atoms with E-state index in [0.717, 1.165) is 12.1 Å². The molecule has 2 heterocycles. The van der Waals surface area contributed by atoms with Crippen molar-refractivity contribution in [3.63, 3.8) is 0 Å². The molecule has 0 radical (unpaired) electrons. The normalized spacial score (nSPS) is 20.2. The van der Waals surface area contributed by atoms with Crippen LogP contribution < -0.4 is 15.0 Å². The van der Waals surface area contributed by atoms with Gasteiger partial charge in [0.15, 0.2) is 11.5 Å². The number of ether oxygens (including phenoxy) is 1. The summed E-state index contributed by atoms with van der Waals surface area (Å²) in [7, 11) is 0. The SMILES string of the molecule is CC(=O)c1cc(F)cc2c1N1CCC[C@H](NC(=O)C(F)(F)F)[C@H]1c1ccccc1O2. The Hall–Kier alpha value is -3.10. The van der Waals surface area contributed by atoms with Gasteiger partial charge in [-0.2, -0.15) is 13.2 Å². The Bertz CT molecular complexity index is 1020. The minimum absolute atomic E-state index is 0.0746. The smallest absolute Gasteiger partial charge is 0.455 e. The number of hydrogen-bond donors (Lipinski definition) is 1. The molecule has 1 N–H and O–H groups in total. The highest BCUT2D eigenvalue weighted by atomic mass is 19.4. The first-order chi connectivity index (χ1) is 14.2. The Morgan fingerprint density at radius 2 is 1.90 bits per heavy atom. The number of amides is 1. The Morgan fingerprint density at radius 3 is 2.60 bits per heavy atom. The van der Waals surface area contributed by atoms with Crippen molar-refractivity contribution in [2.75, 3.05) is 11.4 Å². The van der Waals surface area contributed by atoms with Gasteiger partial charge in [-0.05, 0) is 31.9 Å². The lowest BCUT2D eigenvalue weighted by atomic mass is 9.88. The maximum atomic E-state index is 14.2. The van der Waals surface area contributed by atoms with Gasteiger partial charge in [0.2, 0.25) is 0 Å². The van der Waals surface area contributed by atoms with Crippen LogP contribution in [-0.2, 0) is 4.79 Å². The van der Waals surface area contributed by atoms with Crippen LogP contribution in [0.25, 0.3) is 0 Å². The number of ketones is 1. The molecule has 4 rings (SSSR count). The van der Waals surface area contributed by atoms with Crippen molar-refractivity contribution in [2.24, 2.45) is 0 Å². The number of Topliss-reactive ketones (excluding diaryl/α,β-unsaturated/α-hetero) is 1. The number of hydrogen-bond acceptors (Lipinski definition) is 4. The summed E-state index contributed by atoms with van der Waals surface area (Å²) < 4.78 is 58.9. The number of anilines is 1. The number of nitrogens with zero attached hydrogens (tertiary/aromatic N) is 1. The van der Waals surface area contributed by atoms with Crippen LogP contribution in [-0.4, -0.2) is 30.5 Å². The van der Waals surface area contributed by atoms with Gasteiger partial charge < -0.3 is 15.0 Å². The molecule has 1 saturated heterocycles. The highest BCUT2D eigenvalue weighted by Gasteiger charge is 2.45. The Morgan fingerprint density at radius 1 is 1.17 bits per heavy atom. The van der Waals surface area contributed by atoms with E-state index >= 15 is 0 Å². The second-order valence-corrected chi connectivity index (χ2v) is 7.35. The lowest BCUT2D eigenvalue weighted by Crippen LogP contribution is -2.53. The number of benzene rings is 2. The summed E-state index contributed by atoms with van der Waals surface area (Å²) in [5.74, 6) is -2.64. The third-order valence-electron chi connectivity index (χ3n) is 5.37. The summed E-state index contributed by atoms with van der Waals surface area (Å²) in [5, 5.41) is 2.10. The van der Waals surface area contributed by atoms with Crippen molar-refractivity contribution in [3.05, 3.63) is 53.3 Å². The van der Waals surface area contributed by atoms with Crippen LogP contribution in [0.5, 0.6) is 11.5 Å². The summed E-state index contributed by atoms with van der Waals surface area (Å²) in [5.41, 5.74) is 0.942. The molecule has 158 valence electrons. The van der Waals surface area contributed by atoms with Gasteiger partial charge in [0.1, 0.15) is 11.6 Å². The van der Waals surface area contributed by atoms with Gasteiger partial charge in [-0.25, -0.2) is 4.39 Å². The van der Waals surface area contributed by atoms with Crippen molar-refractivity contribution in [1.29, 1.82) is 0 Å². The minimum atomic E-state index is -5.02. The largest absolute Gasteiger partial charge is 0.471 e. The van der Waals surface area contributed by atoms with Crippen molar-refractivity contribution in [3.8, 4) is 11.5 Å². The summed E-state index contributed by atoms with van der Waals surface area (Å²) >= 11 is 0. The topological polar surface area (TPSA) is 58.6 Å². The van der Waals surface area contributed by atoms with E-state index in [2.05, 4.69) is 5.32 Å². The van der Waals surface area contributed by atoms with Crippen LogP contribution in [0.3, 0.4) is 0 Å². The molecular formula is C21H18F4N2O3. The van der Waals surface area contributed by atoms with E-state index in [9.17, 15) is 27.2 Å². The number of carbonyl (C=O) groups is 2. The van der Waals surface area contributed by atoms with Crippen LogP contribution in [0, 0.1) is 5.82 Å². The predicted octanol–water partition coefficient (Wildman–Crippen LogP) is 4.52. The summed E-state index contributed by atoms with van der Waals surface area (Å²) in [4.78, 5) is 25.7. The molecular weight excluding hydrogens is 404 g/mol. The number of fused-ring (bicyclic) bond motifs is 5. The number of alkyl halides is 3. The molecule has 2 aromatic carbocycles. The van der Waals surface area contributed by atoms with E-state index in [4.69, 9.17) is 4.74 Å². The van der Waals surface area contributed by atoms with Gasteiger partial charge in [0.25, 0.3) is 0 Å². The van der Waals surface area contributed by atoms with E-state index in [1.165, 1.54) is 6.92 Å².